The first kappa shape index (κ1) is 9.23. The van der Waals surface area contributed by atoms with Crippen molar-refractivity contribution in [3.8, 4) is 6.07 Å². The Labute approximate surface area is 82.1 Å². The van der Waals surface area contributed by atoms with Gasteiger partial charge in [-0.05, 0) is 28.1 Å². The van der Waals surface area contributed by atoms with Gasteiger partial charge in [0.2, 0.25) is 0 Å². The van der Waals surface area contributed by atoms with Crippen molar-refractivity contribution in [3.05, 3.63) is 20.8 Å². The van der Waals surface area contributed by atoms with Gasteiger partial charge in [0.1, 0.15) is 0 Å². The standard InChI is InChI=1S/C7H5BrN2OS/c8-6-2-1-5(12-6)4-10-7(11)3-9/h1-2H,4H2,(H,10,11). The van der Waals surface area contributed by atoms with Gasteiger partial charge >= 0.3 is 5.91 Å². The monoisotopic (exact) mass is 244 g/mol. The molecule has 1 aromatic rings. The maximum Gasteiger partial charge on any atom is 0.322 e. The van der Waals surface area contributed by atoms with Crippen molar-refractivity contribution in [1.29, 1.82) is 5.26 Å². The number of nitrogens with one attached hydrogen (secondary N) is 1. The molecule has 0 aromatic carbocycles. The van der Waals surface area contributed by atoms with Crippen LogP contribution in [0.1, 0.15) is 4.88 Å². The van der Waals surface area contributed by atoms with E-state index >= 15 is 0 Å². The number of nitrogens with zero attached hydrogens (tertiary/aromatic N) is 1. The Kier molecular flexibility index (Phi) is 3.26. The Balaban J connectivity index is 2.44. The second-order valence-corrected chi connectivity index (χ2v) is 4.55. The number of halogens is 1. The Morgan fingerprint density at radius 3 is 3.00 bits per heavy atom. The van der Waals surface area contributed by atoms with Crippen LogP contribution in [0.2, 0.25) is 0 Å². The summed E-state index contributed by atoms with van der Waals surface area (Å²) in [6, 6.07) is 5.28. The summed E-state index contributed by atoms with van der Waals surface area (Å²) in [5, 5.41) is 10.6. The predicted molar refractivity (Wildman–Crippen MR) is 49.5 cm³/mol. The van der Waals surface area contributed by atoms with Crippen LogP contribution in [0.3, 0.4) is 0 Å². The summed E-state index contributed by atoms with van der Waals surface area (Å²) in [7, 11) is 0. The molecule has 0 radical (unpaired) electrons. The van der Waals surface area contributed by atoms with Crippen molar-refractivity contribution >= 4 is 33.2 Å². The van der Waals surface area contributed by atoms with Crippen LogP contribution in [0.25, 0.3) is 0 Å². The third kappa shape index (κ3) is 2.64. The van der Waals surface area contributed by atoms with Crippen LogP contribution in [0.4, 0.5) is 0 Å². The van der Waals surface area contributed by atoms with E-state index in [0.29, 0.717) is 6.54 Å². The molecular formula is C7H5BrN2OS. The van der Waals surface area contributed by atoms with Crippen LogP contribution in [-0.4, -0.2) is 5.91 Å². The van der Waals surface area contributed by atoms with Gasteiger partial charge in [0, 0.05) is 4.88 Å². The summed E-state index contributed by atoms with van der Waals surface area (Å²) in [5.74, 6) is -0.598. The van der Waals surface area contributed by atoms with Crippen LogP contribution < -0.4 is 5.32 Å². The minimum Gasteiger partial charge on any atom is -0.339 e. The summed E-state index contributed by atoms with van der Waals surface area (Å²) in [5.41, 5.74) is 0. The Morgan fingerprint density at radius 2 is 2.50 bits per heavy atom. The zero-order valence-corrected chi connectivity index (χ0v) is 8.41. The number of hydrogen-bond acceptors (Lipinski definition) is 3. The van der Waals surface area contributed by atoms with E-state index < -0.39 is 5.91 Å². The van der Waals surface area contributed by atoms with Gasteiger partial charge in [0.25, 0.3) is 0 Å². The summed E-state index contributed by atoms with van der Waals surface area (Å²) in [6.45, 7) is 0.419. The third-order valence-electron chi connectivity index (χ3n) is 1.15. The van der Waals surface area contributed by atoms with Crippen LogP contribution in [0.5, 0.6) is 0 Å². The third-order valence-corrected chi connectivity index (χ3v) is 2.78. The maximum atomic E-state index is 10.5. The van der Waals surface area contributed by atoms with E-state index in [-0.39, 0.29) is 0 Å². The molecule has 62 valence electrons. The highest BCUT2D eigenvalue weighted by Crippen LogP contribution is 2.21. The lowest BCUT2D eigenvalue weighted by molar-refractivity contribution is -0.116. The van der Waals surface area contributed by atoms with Crippen molar-refractivity contribution in [1.82, 2.24) is 5.32 Å². The van der Waals surface area contributed by atoms with Crippen LogP contribution in [0, 0.1) is 11.3 Å². The second-order valence-electron chi connectivity index (χ2n) is 2.00. The molecule has 12 heavy (non-hydrogen) atoms. The van der Waals surface area contributed by atoms with Crippen molar-refractivity contribution in [2.24, 2.45) is 0 Å². The molecular weight excluding hydrogens is 240 g/mol. The molecule has 1 heterocycles. The highest BCUT2D eigenvalue weighted by molar-refractivity contribution is 9.11. The number of amides is 1. The Hall–Kier alpha value is -0.860. The molecule has 0 aliphatic heterocycles. The SMILES string of the molecule is N#CC(=O)NCc1ccc(Br)s1. The molecule has 0 bridgehead atoms. The molecule has 1 amide bonds. The zero-order chi connectivity index (χ0) is 8.97. The highest BCUT2D eigenvalue weighted by Gasteiger charge is 1.99. The minimum atomic E-state index is -0.598. The lowest BCUT2D eigenvalue weighted by atomic mass is 10.4. The van der Waals surface area contributed by atoms with Crippen LogP contribution in [0.15, 0.2) is 15.9 Å². The lowest BCUT2D eigenvalue weighted by Gasteiger charge is -1.94. The van der Waals surface area contributed by atoms with Gasteiger partial charge in [-0.25, -0.2) is 0 Å². The van der Waals surface area contributed by atoms with Gasteiger partial charge in [0.15, 0.2) is 6.07 Å². The summed E-state index contributed by atoms with van der Waals surface area (Å²) >= 11 is 4.83. The fraction of sp³-hybridized carbons (Fsp3) is 0.143. The van der Waals surface area contributed by atoms with Crippen molar-refractivity contribution in [3.63, 3.8) is 0 Å². The van der Waals surface area contributed by atoms with Gasteiger partial charge in [-0.3, -0.25) is 4.79 Å². The average molecular weight is 245 g/mol. The van der Waals surface area contributed by atoms with Gasteiger partial charge < -0.3 is 5.32 Å². The van der Waals surface area contributed by atoms with E-state index in [1.165, 1.54) is 17.4 Å². The van der Waals surface area contributed by atoms with Crippen LogP contribution in [-0.2, 0) is 11.3 Å². The first-order valence-electron chi connectivity index (χ1n) is 3.14. The average Bonchev–Trinajstić information content (AvgIpc) is 2.47. The van der Waals surface area contributed by atoms with Gasteiger partial charge in [-0.2, -0.15) is 5.26 Å². The molecule has 1 aromatic heterocycles. The van der Waals surface area contributed by atoms with Gasteiger partial charge in [-0.1, -0.05) is 0 Å². The normalized spacial score (nSPS) is 9.00. The van der Waals surface area contributed by atoms with E-state index in [2.05, 4.69) is 21.2 Å². The quantitative estimate of drug-likeness (QED) is 0.805. The zero-order valence-electron chi connectivity index (χ0n) is 6.00. The summed E-state index contributed by atoms with van der Waals surface area (Å²) < 4.78 is 1.02. The maximum absolute atomic E-state index is 10.5. The lowest BCUT2D eigenvalue weighted by Crippen LogP contribution is -2.19. The Bertz CT molecular complexity index is 328. The number of thiophene rings is 1. The van der Waals surface area contributed by atoms with Gasteiger partial charge in [-0.15, -0.1) is 11.3 Å². The molecule has 0 saturated heterocycles. The van der Waals surface area contributed by atoms with E-state index in [4.69, 9.17) is 5.26 Å². The first-order chi connectivity index (χ1) is 5.72. The molecule has 0 aliphatic carbocycles. The Morgan fingerprint density at radius 1 is 1.75 bits per heavy atom. The molecule has 1 rings (SSSR count). The molecule has 1 N–H and O–H groups in total. The van der Waals surface area contributed by atoms with Crippen LogP contribution >= 0.6 is 27.3 Å². The molecule has 0 atom stereocenters. The first-order valence-corrected chi connectivity index (χ1v) is 4.75. The molecule has 5 heteroatoms. The molecule has 0 spiro atoms. The second kappa shape index (κ2) is 4.24. The van der Waals surface area contributed by atoms with Crippen molar-refractivity contribution < 1.29 is 4.79 Å². The smallest absolute Gasteiger partial charge is 0.322 e. The molecule has 0 aliphatic rings. The van der Waals surface area contributed by atoms with E-state index in [1.807, 2.05) is 12.1 Å². The number of nitriles is 1. The number of carbonyl (C=O) groups is 1. The minimum absolute atomic E-state index is 0.419. The number of rotatable bonds is 2. The molecule has 0 saturated carbocycles. The fourth-order valence-corrected chi connectivity index (χ4v) is 2.08. The van der Waals surface area contributed by atoms with Crippen molar-refractivity contribution in [2.75, 3.05) is 0 Å². The topological polar surface area (TPSA) is 52.9 Å². The molecule has 0 fully saturated rings. The van der Waals surface area contributed by atoms with E-state index in [0.717, 1.165) is 8.66 Å². The summed E-state index contributed by atoms with van der Waals surface area (Å²) in [4.78, 5) is 11.5. The predicted octanol–water partition coefficient (Wildman–Crippen LogP) is 1.65. The van der Waals surface area contributed by atoms with E-state index in [9.17, 15) is 4.79 Å². The molecule has 3 nitrogen and oxygen atoms in total. The largest absolute Gasteiger partial charge is 0.339 e. The molecule has 0 unspecified atom stereocenters. The van der Waals surface area contributed by atoms with Crippen molar-refractivity contribution in [2.45, 2.75) is 6.54 Å². The summed E-state index contributed by atoms with van der Waals surface area (Å²) in [6.07, 6.45) is 0. The highest BCUT2D eigenvalue weighted by atomic mass is 79.9. The van der Waals surface area contributed by atoms with E-state index in [1.54, 1.807) is 0 Å². The number of carbonyl (C=O) groups excluding carboxylic acids is 1. The van der Waals surface area contributed by atoms with Gasteiger partial charge in [0.05, 0.1) is 10.3 Å². The fourth-order valence-electron chi connectivity index (χ4n) is 0.654. The number of hydrogen-bond donors (Lipinski definition) is 1.